The van der Waals surface area contributed by atoms with Crippen LogP contribution in [0, 0.1) is 5.82 Å². The van der Waals surface area contributed by atoms with E-state index in [2.05, 4.69) is 32.2 Å². The first-order valence-electron chi connectivity index (χ1n) is 10.0. The molecule has 4 rings (SSSR count). The SMILES string of the molecule is C=N/C=C\C=C(/C)c1ccc2[nH]nc(C(=O)Nc3ccc(Oc4cccc(F)c4)nc3)c2c1. The van der Waals surface area contributed by atoms with E-state index >= 15 is 0 Å². The topological polar surface area (TPSA) is 92.3 Å². The molecular formula is C25H20FN5O2. The Hall–Kier alpha value is -4.59. The monoisotopic (exact) mass is 441 g/mol. The number of benzene rings is 2. The summed E-state index contributed by atoms with van der Waals surface area (Å²) in [5.41, 5.74) is 3.44. The zero-order chi connectivity index (χ0) is 23.2. The van der Waals surface area contributed by atoms with Gasteiger partial charge in [-0.05, 0) is 61.2 Å². The number of carbonyl (C=O) groups excluding carboxylic acids is 1. The second-order valence-corrected chi connectivity index (χ2v) is 7.11. The van der Waals surface area contributed by atoms with E-state index in [-0.39, 0.29) is 17.5 Å². The Morgan fingerprint density at radius 3 is 2.85 bits per heavy atom. The summed E-state index contributed by atoms with van der Waals surface area (Å²) in [6.45, 7) is 5.37. The van der Waals surface area contributed by atoms with E-state index in [9.17, 15) is 9.18 Å². The zero-order valence-corrected chi connectivity index (χ0v) is 17.7. The van der Waals surface area contributed by atoms with Crippen molar-refractivity contribution in [2.75, 3.05) is 5.32 Å². The number of amides is 1. The molecule has 0 spiro atoms. The number of ether oxygens (including phenoxy) is 1. The summed E-state index contributed by atoms with van der Waals surface area (Å²) in [7, 11) is 0. The number of rotatable bonds is 7. The third-order valence-electron chi connectivity index (χ3n) is 4.78. The van der Waals surface area contributed by atoms with Gasteiger partial charge in [0.2, 0.25) is 5.88 Å². The molecule has 0 unspecified atom stereocenters. The summed E-state index contributed by atoms with van der Waals surface area (Å²) in [6.07, 6.45) is 6.76. The Morgan fingerprint density at radius 2 is 2.09 bits per heavy atom. The fourth-order valence-electron chi connectivity index (χ4n) is 3.13. The van der Waals surface area contributed by atoms with Gasteiger partial charge in [0.25, 0.3) is 5.91 Å². The zero-order valence-electron chi connectivity index (χ0n) is 17.7. The molecule has 2 aromatic heterocycles. The summed E-state index contributed by atoms with van der Waals surface area (Å²) >= 11 is 0. The van der Waals surface area contributed by atoms with Crippen LogP contribution in [-0.2, 0) is 0 Å². The van der Waals surface area contributed by atoms with Crippen LogP contribution in [0.2, 0.25) is 0 Å². The molecule has 0 aliphatic rings. The molecule has 2 aromatic carbocycles. The van der Waals surface area contributed by atoms with Gasteiger partial charge in [-0.15, -0.1) is 0 Å². The quantitative estimate of drug-likeness (QED) is 0.282. The number of H-pyrrole nitrogens is 1. The molecule has 0 aliphatic heterocycles. The lowest BCUT2D eigenvalue weighted by atomic mass is 10.0. The minimum atomic E-state index is -0.401. The fourth-order valence-corrected chi connectivity index (χ4v) is 3.13. The minimum Gasteiger partial charge on any atom is -0.439 e. The van der Waals surface area contributed by atoms with Crippen LogP contribution in [0.4, 0.5) is 10.1 Å². The van der Waals surface area contributed by atoms with Gasteiger partial charge >= 0.3 is 0 Å². The van der Waals surface area contributed by atoms with Crippen molar-refractivity contribution in [2.45, 2.75) is 6.92 Å². The molecule has 1 amide bonds. The summed E-state index contributed by atoms with van der Waals surface area (Å²) < 4.78 is 18.8. The standard InChI is InChI=1S/C25H20FN5O2/c1-16(5-4-12-27-2)17-8-10-22-21(13-17)24(31-30-22)25(32)29-19-9-11-23(28-15-19)33-20-7-3-6-18(26)14-20/h3-15H,2H2,1H3,(H,29,32)(H,30,31)/b12-4-,16-5+. The van der Waals surface area contributed by atoms with Crippen LogP contribution in [0.3, 0.4) is 0 Å². The van der Waals surface area contributed by atoms with E-state index in [4.69, 9.17) is 4.74 Å². The number of aromatic nitrogens is 3. The van der Waals surface area contributed by atoms with E-state index < -0.39 is 5.82 Å². The van der Waals surface area contributed by atoms with Gasteiger partial charge in [0, 0.05) is 23.7 Å². The number of fused-ring (bicyclic) bond motifs is 1. The predicted molar refractivity (Wildman–Crippen MR) is 127 cm³/mol. The Bertz CT molecular complexity index is 1370. The first-order chi connectivity index (χ1) is 16.0. The van der Waals surface area contributed by atoms with Crippen molar-refractivity contribution in [1.82, 2.24) is 15.2 Å². The molecule has 164 valence electrons. The molecule has 0 bridgehead atoms. The van der Waals surface area contributed by atoms with Crippen molar-refractivity contribution in [3.05, 3.63) is 96.2 Å². The lowest BCUT2D eigenvalue weighted by molar-refractivity contribution is 0.102. The highest BCUT2D eigenvalue weighted by Crippen LogP contribution is 2.24. The van der Waals surface area contributed by atoms with Crippen molar-refractivity contribution in [3.8, 4) is 11.6 Å². The van der Waals surface area contributed by atoms with Gasteiger partial charge in [0.1, 0.15) is 11.6 Å². The minimum absolute atomic E-state index is 0.267. The number of aliphatic imine (C=N–C) groups is 1. The van der Waals surface area contributed by atoms with Gasteiger partial charge in [-0.2, -0.15) is 5.10 Å². The van der Waals surface area contributed by atoms with Gasteiger partial charge < -0.3 is 10.1 Å². The Balaban J connectivity index is 1.50. The maximum absolute atomic E-state index is 13.3. The van der Waals surface area contributed by atoms with Crippen LogP contribution in [0.5, 0.6) is 11.6 Å². The van der Waals surface area contributed by atoms with Gasteiger partial charge in [-0.25, -0.2) is 9.37 Å². The number of anilines is 1. The van der Waals surface area contributed by atoms with Crippen LogP contribution in [0.25, 0.3) is 16.5 Å². The largest absolute Gasteiger partial charge is 0.439 e. The van der Waals surface area contributed by atoms with E-state index in [1.807, 2.05) is 31.2 Å². The lowest BCUT2D eigenvalue weighted by Crippen LogP contribution is -2.13. The van der Waals surface area contributed by atoms with Gasteiger partial charge in [-0.1, -0.05) is 18.2 Å². The second kappa shape index (κ2) is 9.69. The average molecular weight is 441 g/mol. The van der Waals surface area contributed by atoms with Crippen LogP contribution >= 0.6 is 0 Å². The molecule has 7 nitrogen and oxygen atoms in total. The molecule has 0 saturated carbocycles. The third-order valence-corrected chi connectivity index (χ3v) is 4.78. The number of halogens is 1. The van der Waals surface area contributed by atoms with Crippen molar-refractivity contribution in [1.29, 1.82) is 0 Å². The molecule has 0 aliphatic carbocycles. The van der Waals surface area contributed by atoms with Crippen LogP contribution in [0.15, 0.2) is 84.1 Å². The van der Waals surface area contributed by atoms with Crippen molar-refractivity contribution >= 4 is 34.8 Å². The number of allylic oxidation sites excluding steroid dienone is 3. The number of nitrogens with zero attached hydrogens (tertiary/aromatic N) is 3. The van der Waals surface area contributed by atoms with E-state index in [0.29, 0.717) is 16.8 Å². The highest BCUT2D eigenvalue weighted by molar-refractivity contribution is 6.11. The number of pyridine rings is 1. The van der Waals surface area contributed by atoms with E-state index in [1.165, 1.54) is 18.3 Å². The number of aromatic amines is 1. The molecular weight excluding hydrogens is 421 g/mol. The van der Waals surface area contributed by atoms with E-state index in [1.54, 1.807) is 36.5 Å². The summed E-state index contributed by atoms with van der Waals surface area (Å²) in [4.78, 5) is 20.7. The summed E-state index contributed by atoms with van der Waals surface area (Å²) in [6, 6.07) is 14.7. The van der Waals surface area contributed by atoms with Gasteiger partial charge in [0.15, 0.2) is 5.69 Å². The van der Waals surface area contributed by atoms with Gasteiger partial charge in [-0.3, -0.25) is 14.9 Å². The van der Waals surface area contributed by atoms with Crippen molar-refractivity contribution in [3.63, 3.8) is 0 Å². The van der Waals surface area contributed by atoms with Crippen LogP contribution < -0.4 is 10.1 Å². The first-order valence-corrected chi connectivity index (χ1v) is 10.0. The fraction of sp³-hybridized carbons (Fsp3) is 0.0400. The normalized spacial score (nSPS) is 11.6. The predicted octanol–water partition coefficient (Wildman–Crippen LogP) is 5.76. The molecule has 0 fully saturated rings. The molecule has 0 radical (unpaired) electrons. The average Bonchev–Trinajstić information content (AvgIpc) is 3.24. The molecule has 2 N–H and O–H groups in total. The van der Waals surface area contributed by atoms with Crippen LogP contribution in [-0.4, -0.2) is 27.8 Å². The Morgan fingerprint density at radius 1 is 1.21 bits per heavy atom. The van der Waals surface area contributed by atoms with Crippen molar-refractivity contribution < 1.29 is 13.9 Å². The molecule has 4 aromatic rings. The first kappa shape index (κ1) is 21.6. The maximum atomic E-state index is 13.3. The number of hydrogen-bond donors (Lipinski definition) is 2. The second-order valence-electron chi connectivity index (χ2n) is 7.11. The lowest BCUT2D eigenvalue weighted by Gasteiger charge is -2.07. The molecule has 8 heteroatoms. The Labute approximate surface area is 189 Å². The van der Waals surface area contributed by atoms with E-state index in [0.717, 1.165) is 16.7 Å². The van der Waals surface area contributed by atoms with Crippen molar-refractivity contribution in [2.24, 2.45) is 4.99 Å². The van der Waals surface area contributed by atoms with Crippen LogP contribution in [0.1, 0.15) is 23.0 Å². The highest BCUT2D eigenvalue weighted by atomic mass is 19.1. The number of carbonyl (C=O) groups is 1. The smallest absolute Gasteiger partial charge is 0.276 e. The maximum Gasteiger partial charge on any atom is 0.276 e. The molecule has 0 saturated heterocycles. The molecule has 2 heterocycles. The summed E-state index contributed by atoms with van der Waals surface area (Å²) in [5.74, 6) is -0.173. The third kappa shape index (κ3) is 5.19. The summed E-state index contributed by atoms with van der Waals surface area (Å²) in [5, 5.41) is 10.5. The molecule has 0 atom stereocenters. The molecule has 33 heavy (non-hydrogen) atoms. The number of nitrogens with one attached hydrogen (secondary N) is 2. The highest BCUT2D eigenvalue weighted by Gasteiger charge is 2.15. The number of hydrogen-bond acceptors (Lipinski definition) is 5. The Kier molecular flexibility index (Phi) is 6.36. The van der Waals surface area contributed by atoms with Gasteiger partial charge in [0.05, 0.1) is 17.4 Å².